The summed E-state index contributed by atoms with van der Waals surface area (Å²) in [5, 5.41) is 3.29. The van der Waals surface area contributed by atoms with Gasteiger partial charge in [-0.3, -0.25) is 19.4 Å². The van der Waals surface area contributed by atoms with Crippen molar-refractivity contribution < 1.29 is 32.7 Å². The summed E-state index contributed by atoms with van der Waals surface area (Å²) in [4.78, 5) is 54.5. The maximum absolute atomic E-state index is 14.0. The number of pyridine rings is 1. The van der Waals surface area contributed by atoms with E-state index in [0.717, 1.165) is 4.90 Å². The van der Waals surface area contributed by atoms with Gasteiger partial charge in [0.25, 0.3) is 5.91 Å². The van der Waals surface area contributed by atoms with Crippen molar-refractivity contribution in [3.8, 4) is 23.0 Å². The summed E-state index contributed by atoms with van der Waals surface area (Å²) in [5.74, 6) is -0.836. The van der Waals surface area contributed by atoms with Crippen molar-refractivity contribution in [3.63, 3.8) is 0 Å². The molecule has 3 amide bonds. The second kappa shape index (κ2) is 10.6. The van der Waals surface area contributed by atoms with Crippen LogP contribution >= 0.6 is 0 Å². The maximum atomic E-state index is 14.0. The molecule has 0 bridgehead atoms. The van der Waals surface area contributed by atoms with Gasteiger partial charge in [0.1, 0.15) is 36.4 Å². The molecule has 3 aromatic heterocycles. The zero-order chi connectivity index (χ0) is 29.3. The van der Waals surface area contributed by atoms with Crippen LogP contribution in [0.1, 0.15) is 23.2 Å². The average Bonchev–Trinajstić information content (AvgIpc) is 3.59. The van der Waals surface area contributed by atoms with E-state index in [1.807, 2.05) is 0 Å². The van der Waals surface area contributed by atoms with Crippen LogP contribution in [0.5, 0.6) is 11.5 Å². The third kappa shape index (κ3) is 4.91. The molecule has 13 nitrogen and oxygen atoms in total. The second-order valence-corrected chi connectivity index (χ2v) is 9.67. The Hall–Kier alpha value is -5.38. The van der Waals surface area contributed by atoms with E-state index in [4.69, 9.17) is 24.9 Å². The molecule has 1 atom stereocenters. The molecular formula is C28H26N6O7. The molecule has 0 spiro atoms. The number of carbonyl (C=O) groups is 3. The minimum absolute atomic E-state index is 0.0212. The molecular weight excluding hydrogens is 532 g/mol. The minimum Gasteiger partial charge on any atom is -0.495 e. The zero-order valence-corrected chi connectivity index (χ0v) is 22.8. The Labute approximate surface area is 234 Å². The standard InChI is InChI=1S/C28H26N6O7/c1-28(27(37)31-12-18-19(38-5)7-6-10-30-18)15-40-23-17-9-8-16(25-32-21(29-2)14-39-25)11-20(17)41-24(23)26(36)34(28)13-22(35)33(3)4/h6-11,14H,12-13,15H2,1,3-5H3,(H,31,37)/t28-/m1/s1. The molecule has 0 fully saturated rings. The number of benzene rings is 1. The first-order valence-corrected chi connectivity index (χ1v) is 12.5. The van der Waals surface area contributed by atoms with E-state index in [1.165, 1.54) is 25.2 Å². The summed E-state index contributed by atoms with van der Waals surface area (Å²) in [6.07, 6.45) is 2.82. The van der Waals surface area contributed by atoms with Gasteiger partial charge in [0.2, 0.25) is 17.6 Å². The molecule has 0 saturated carbocycles. The Kier molecular flexibility index (Phi) is 7.06. The van der Waals surface area contributed by atoms with Gasteiger partial charge < -0.3 is 38.3 Å². The Morgan fingerprint density at radius 2 is 2.10 bits per heavy atom. The van der Waals surface area contributed by atoms with Crippen molar-refractivity contribution in [2.75, 3.05) is 34.4 Å². The number of amides is 3. The highest BCUT2D eigenvalue weighted by Gasteiger charge is 2.48. The maximum Gasteiger partial charge on any atom is 0.320 e. The SMILES string of the molecule is [C-]#[N+]c1coc(-c2ccc3c4c(oc3c2)C(=O)N(CC(=O)N(C)C)[C@@](C)(C(=O)NCc2ncccc2OC)CO4)n1. The third-order valence-corrected chi connectivity index (χ3v) is 6.80. The van der Waals surface area contributed by atoms with E-state index in [-0.39, 0.29) is 36.4 Å². The Morgan fingerprint density at radius 3 is 2.80 bits per heavy atom. The summed E-state index contributed by atoms with van der Waals surface area (Å²) in [7, 11) is 4.62. The molecule has 1 N–H and O–H groups in total. The van der Waals surface area contributed by atoms with Crippen LogP contribution in [-0.4, -0.2) is 77.4 Å². The molecule has 41 heavy (non-hydrogen) atoms. The highest BCUT2D eigenvalue weighted by atomic mass is 16.5. The van der Waals surface area contributed by atoms with Gasteiger partial charge in [-0.1, -0.05) is 11.6 Å². The lowest BCUT2D eigenvalue weighted by molar-refractivity contribution is -0.137. The first-order chi connectivity index (χ1) is 19.7. The van der Waals surface area contributed by atoms with Crippen LogP contribution in [0, 0.1) is 6.57 Å². The van der Waals surface area contributed by atoms with E-state index >= 15 is 0 Å². The quantitative estimate of drug-likeness (QED) is 0.338. The fourth-order valence-electron chi connectivity index (χ4n) is 4.38. The van der Waals surface area contributed by atoms with E-state index < -0.39 is 29.8 Å². The average molecular weight is 559 g/mol. The summed E-state index contributed by atoms with van der Waals surface area (Å²) in [6, 6.07) is 8.41. The lowest BCUT2D eigenvalue weighted by Crippen LogP contribution is -2.62. The number of hydrogen-bond acceptors (Lipinski definition) is 9. The molecule has 13 heteroatoms. The normalized spacial score (nSPS) is 16.4. The number of likely N-dealkylation sites (N-methyl/N-ethyl adjacent to an activating group) is 1. The smallest absolute Gasteiger partial charge is 0.320 e. The summed E-state index contributed by atoms with van der Waals surface area (Å²) >= 11 is 0. The lowest BCUT2D eigenvalue weighted by Gasteiger charge is -2.37. The largest absolute Gasteiger partial charge is 0.495 e. The molecule has 4 heterocycles. The number of aromatic nitrogens is 2. The van der Waals surface area contributed by atoms with Gasteiger partial charge >= 0.3 is 11.7 Å². The minimum atomic E-state index is -1.59. The molecule has 0 radical (unpaired) electrons. The topological polar surface area (TPSA) is 145 Å². The fraction of sp³-hybridized carbons (Fsp3) is 0.286. The monoisotopic (exact) mass is 558 g/mol. The summed E-state index contributed by atoms with van der Waals surface area (Å²) in [5.41, 5.74) is -0.269. The predicted octanol–water partition coefficient (Wildman–Crippen LogP) is 3.04. The van der Waals surface area contributed by atoms with Gasteiger partial charge in [-0.2, -0.15) is 0 Å². The number of fused-ring (bicyclic) bond motifs is 3. The molecule has 210 valence electrons. The third-order valence-electron chi connectivity index (χ3n) is 6.80. The zero-order valence-electron chi connectivity index (χ0n) is 22.8. The van der Waals surface area contributed by atoms with Crippen molar-refractivity contribution >= 4 is 34.5 Å². The van der Waals surface area contributed by atoms with Crippen molar-refractivity contribution in [1.82, 2.24) is 25.1 Å². The van der Waals surface area contributed by atoms with Crippen LogP contribution in [0.2, 0.25) is 0 Å². The van der Waals surface area contributed by atoms with E-state index in [2.05, 4.69) is 20.1 Å². The highest BCUT2D eigenvalue weighted by molar-refractivity contribution is 6.06. The summed E-state index contributed by atoms with van der Waals surface area (Å²) < 4.78 is 22.7. The van der Waals surface area contributed by atoms with Gasteiger partial charge in [-0.15, -0.1) is 0 Å². The predicted molar refractivity (Wildman–Crippen MR) is 144 cm³/mol. The number of nitrogens with one attached hydrogen (secondary N) is 1. The molecule has 4 aromatic rings. The molecule has 5 rings (SSSR count). The number of ether oxygens (including phenoxy) is 2. The molecule has 1 aromatic carbocycles. The summed E-state index contributed by atoms with van der Waals surface area (Å²) in [6.45, 7) is 7.98. The lowest BCUT2D eigenvalue weighted by atomic mass is 9.99. The molecule has 1 aliphatic heterocycles. The van der Waals surface area contributed by atoms with Crippen LogP contribution in [0.3, 0.4) is 0 Å². The van der Waals surface area contributed by atoms with Crippen molar-refractivity contribution in [3.05, 3.63) is 65.7 Å². The number of rotatable bonds is 7. The number of nitrogens with zero attached hydrogens (tertiary/aromatic N) is 5. The van der Waals surface area contributed by atoms with Crippen molar-refractivity contribution in [2.45, 2.75) is 19.0 Å². The number of furan rings is 1. The van der Waals surface area contributed by atoms with Crippen LogP contribution in [0.15, 0.2) is 51.6 Å². The number of methoxy groups -OCH3 is 1. The molecule has 0 saturated heterocycles. The van der Waals surface area contributed by atoms with Gasteiger partial charge in [0, 0.05) is 20.3 Å². The number of carbonyl (C=O) groups excluding carboxylic acids is 3. The first kappa shape index (κ1) is 27.2. The first-order valence-electron chi connectivity index (χ1n) is 12.5. The fourth-order valence-corrected chi connectivity index (χ4v) is 4.38. The van der Waals surface area contributed by atoms with Crippen LogP contribution < -0.4 is 14.8 Å². The van der Waals surface area contributed by atoms with Gasteiger partial charge in [0.15, 0.2) is 11.3 Å². The van der Waals surface area contributed by atoms with Gasteiger partial charge in [0.05, 0.1) is 24.6 Å². The van der Waals surface area contributed by atoms with E-state index in [9.17, 15) is 14.4 Å². The van der Waals surface area contributed by atoms with Crippen LogP contribution in [0.4, 0.5) is 5.82 Å². The Balaban J connectivity index is 1.50. The number of oxazole rings is 1. The molecule has 0 unspecified atom stereocenters. The van der Waals surface area contributed by atoms with E-state index in [1.54, 1.807) is 50.6 Å². The van der Waals surface area contributed by atoms with Gasteiger partial charge in [-0.25, -0.2) is 0 Å². The molecule has 1 aliphatic rings. The van der Waals surface area contributed by atoms with Crippen molar-refractivity contribution in [1.29, 1.82) is 0 Å². The number of hydrogen-bond donors (Lipinski definition) is 1. The Bertz CT molecular complexity index is 1700. The van der Waals surface area contributed by atoms with E-state index in [0.29, 0.717) is 28.0 Å². The molecule has 0 aliphatic carbocycles. The van der Waals surface area contributed by atoms with Gasteiger partial charge in [-0.05, 0) is 37.3 Å². The van der Waals surface area contributed by atoms with Crippen LogP contribution in [-0.2, 0) is 16.1 Å². The Morgan fingerprint density at radius 1 is 1.29 bits per heavy atom. The van der Waals surface area contributed by atoms with Crippen LogP contribution in [0.25, 0.3) is 27.3 Å². The second-order valence-electron chi connectivity index (χ2n) is 9.67. The van der Waals surface area contributed by atoms with Crippen molar-refractivity contribution in [2.24, 2.45) is 0 Å². The highest BCUT2D eigenvalue weighted by Crippen LogP contribution is 2.40.